The van der Waals surface area contributed by atoms with E-state index in [9.17, 15) is 0 Å². The van der Waals surface area contributed by atoms with Gasteiger partial charge in [-0.25, -0.2) is 0 Å². The van der Waals surface area contributed by atoms with Crippen LogP contribution in [0.2, 0.25) is 0 Å². The fourth-order valence-electron chi connectivity index (χ4n) is 4.06. The molecule has 0 bridgehead atoms. The number of hydrogen-bond donors (Lipinski definition) is 0. The van der Waals surface area contributed by atoms with Crippen LogP contribution in [0, 0.1) is 0 Å². The van der Waals surface area contributed by atoms with E-state index in [-0.39, 0.29) is 0 Å². The maximum absolute atomic E-state index is 6.48. The van der Waals surface area contributed by atoms with Crippen LogP contribution >= 0.6 is 0 Å². The molecule has 0 atom stereocenters. The lowest BCUT2D eigenvalue weighted by Crippen LogP contribution is -2.49. The Kier molecular flexibility index (Phi) is 22.4. The SMILES string of the molecule is CCCCO[Si](Cc1ccc(C[Si](OCCCC)(OCCCC)OCCCC)cc1)(OCCCC)OCCCC. The zero-order valence-electron chi connectivity index (χ0n) is 26.9. The van der Waals surface area contributed by atoms with Gasteiger partial charge in [0.25, 0.3) is 0 Å². The smallest absolute Gasteiger partial charge is 0.373 e. The van der Waals surface area contributed by atoms with Crippen molar-refractivity contribution in [1.29, 1.82) is 0 Å². The molecule has 0 N–H and O–H groups in total. The minimum absolute atomic E-state index is 0.687. The van der Waals surface area contributed by atoms with E-state index in [1.807, 2.05) is 0 Å². The van der Waals surface area contributed by atoms with Crippen molar-refractivity contribution in [2.45, 2.75) is 131 Å². The van der Waals surface area contributed by atoms with Crippen molar-refractivity contribution < 1.29 is 26.6 Å². The number of hydrogen-bond acceptors (Lipinski definition) is 6. The molecule has 0 saturated carbocycles. The van der Waals surface area contributed by atoms with Crippen LogP contribution in [0.4, 0.5) is 0 Å². The largest absolute Gasteiger partial charge is 0.505 e. The van der Waals surface area contributed by atoms with Crippen LogP contribution in [-0.4, -0.2) is 57.3 Å². The zero-order valence-corrected chi connectivity index (χ0v) is 28.9. The van der Waals surface area contributed by atoms with Crippen molar-refractivity contribution in [3.8, 4) is 0 Å². The lowest BCUT2D eigenvalue weighted by molar-refractivity contribution is 0.0544. The molecule has 40 heavy (non-hydrogen) atoms. The maximum Gasteiger partial charge on any atom is 0.505 e. The quantitative estimate of drug-likeness (QED) is 0.0711. The van der Waals surface area contributed by atoms with Crippen molar-refractivity contribution in [2.75, 3.05) is 39.6 Å². The summed E-state index contributed by atoms with van der Waals surface area (Å²) in [7, 11) is -5.69. The van der Waals surface area contributed by atoms with E-state index in [4.69, 9.17) is 26.6 Å². The molecular formula is C32H62O6Si2. The summed E-state index contributed by atoms with van der Waals surface area (Å²) in [5.41, 5.74) is 2.38. The maximum atomic E-state index is 6.48. The van der Waals surface area contributed by atoms with Crippen LogP contribution in [0.1, 0.15) is 130 Å². The van der Waals surface area contributed by atoms with Crippen LogP contribution < -0.4 is 0 Å². The second-order valence-electron chi connectivity index (χ2n) is 10.7. The molecular weight excluding hydrogens is 537 g/mol. The summed E-state index contributed by atoms with van der Waals surface area (Å²) < 4.78 is 38.9. The van der Waals surface area contributed by atoms with Crippen LogP contribution in [0.3, 0.4) is 0 Å². The summed E-state index contributed by atoms with van der Waals surface area (Å²) in [6.07, 6.45) is 12.7. The van der Waals surface area contributed by atoms with Gasteiger partial charge in [-0.2, -0.15) is 0 Å². The first-order valence-corrected chi connectivity index (χ1v) is 20.3. The molecule has 0 aromatic heterocycles. The van der Waals surface area contributed by atoms with Gasteiger partial charge in [-0.1, -0.05) is 104 Å². The first-order valence-electron chi connectivity index (χ1n) is 16.4. The van der Waals surface area contributed by atoms with E-state index in [2.05, 4.69) is 65.8 Å². The zero-order chi connectivity index (χ0) is 29.4. The first-order chi connectivity index (χ1) is 19.5. The van der Waals surface area contributed by atoms with Gasteiger partial charge in [-0.3, -0.25) is 0 Å². The van der Waals surface area contributed by atoms with Crippen LogP contribution in [0.25, 0.3) is 0 Å². The minimum atomic E-state index is -2.84. The Labute approximate surface area is 249 Å². The van der Waals surface area contributed by atoms with Gasteiger partial charge in [-0.05, 0) is 49.7 Å². The van der Waals surface area contributed by atoms with Gasteiger partial charge in [0.2, 0.25) is 0 Å². The van der Waals surface area contributed by atoms with Crippen molar-refractivity contribution in [2.24, 2.45) is 0 Å². The molecule has 0 amide bonds. The average Bonchev–Trinajstić information content (AvgIpc) is 2.95. The molecule has 234 valence electrons. The lowest BCUT2D eigenvalue weighted by Gasteiger charge is -2.31. The van der Waals surface area contributed by atoms with Crippen molar-refractivity contribution in [3.05, 3.63) is 35.4 Å². The van der Waals surface area contributed by atoms with Gasteiger partial charge in [-0.15, -0.1) is 0 Å². The van der Waals surface area contributed by atoms with E-state index >= 15 is 0 Å². The molecule has 0 unspecified atom stereocenters. The van der Waals surface area contributed by atoms with Crippen molar-refractivity contribution >= 4 is 17.6 Å². The van der Waals surface area contributed by atoms with Gasteiger partial charge in [0.1, 0.15) is 0 Å². The molecule has 0 aliphatic rings. The van der Waals surface area contributed by atoms with E-state index in [0.29, 0.717) is 51.7 Å². The fraction of sp³-hybridized carbons (Fsp3) is 0.812. The van der Waals surface area contributed by atoms with E-state index in [1.54, 1.807) is 0 Å². The molecule has 6 nitrogen and oxygen atoms in total. The molecule has 0 heterocycles. The van der Waals surface area contributed by atoms with Gasteiger partial charge >= 0.3 is 17.6 Å². The standard InChI is InChI=1S/C32H62O6Si2/c1-7-13-23-33-39(34-24-14-8-2,35-25-15-9-3)29-31-19-21-32(22-20-31)30-40(36-26-16-10-4,37-27-17-11-5)38-28-18-12-6/h19-22H,7-18,23-30H2,1-6H3. The topological polar surface area (TPSA) is 55.4 Å². The van der Waals surface area contributed by atoms with Crippen molar-refractivity contribution in [3.63, 3.8) is 0 Å². The highest BCUT2D eigenvalue weighted by Gasteiger charge is 2.43. The lowest BCUT2D eigenvalue weighted by atomic mass is 10.2. The average molecular weight is 599 g/mol. The molecule has 1 aromatic carbocycles. The third-order valence-corrected chi connectivity index (χ3v) is 12.3. The fourth-order valence-corrected chi connectivity index (χ4v) is 9.38. The Balaban J connectivity index is 3.13. The van der Waals surface area contributed by atoms with Crippen molar-refractivity contribution in [1.82, 2.24) is 0 Å². The molecule has 1 aromatic rings. The summed E-state index contributed by atoms with van der Waals surface area (Å²) in [4.78, 5) is 0. The summed E-state index contributed by atoms with van der Waals surface area (Å²) in [6.45, 7) is 17.3. The van der Waals surface area contributed by atoms with Crippen LogP contribution in [-0.2, 0) is 38.6 Å². The molecule has 1 rings (SSSR count). The Hall–Kier alpha value is -0.586. The Morgan fingerprint density at radius 3 is 0.750 bits per heavy atom. The first kappa shape index (κ1) is 37.4. The number of benzene rings is 1. The summed E-state index contributed by atoms with van der Waals surface area (Å²) >= 11 is 0. The molecule has 0 fully saturated rings. The summed E-state index contributed by atoms with van der Waals surface area (Å²) in [6, 6.07) is 10.2. The second kappa shape index (κ2) is 23.9. The normalized spacial score (nSPS) is 12.3. The molecule has 8 heteroatoms. The molecule has 0 aliphatic carbocycles. The summed E-state index contributed by atoms with van der Waals surface area (Å²) in [5, 5.41) is 0. The highest BCUT2D eigenvalue weighted by Crippen LogP contribution is 2.23. The highest BCUT2D eigenvalue weighted by molar-refractivity contribution is 6.60. The Morgan fingerprint density at radius 1 is 0.375 bits per heavy atom. The Morgan fingerprint density at radius 2 is 0.575 bits per heavy atom. The predicted octanol–water partition coefficient (Wildman–Crippen LogP) is 8.63. The summed E-state index contributed by atoms with van der Waals surface area (Å²) in [5.74, 6) is 0. The Bertz CT molecular complexity index is 591. The highest BCUT2D eigenvalue weighted by atomic mass is 28.4. The molecule has 0 spiro atoms. The third kappa shape index (κ3) is 16.2. The molecule has 0 aliphatic heterocycles. The number of rotatable bonds is 28. The van der Waals surface area contributed by atoms with Gasteiger partial charge in [0.05, 0.1) is 0 Å². The second-order valence-corrected chi connectivity index (χ2v) is 15.9. The monoisotopic (exact) mass is 598 g/mol. The van der Waals surface area contributed by atoms with E-state index in [0.717, 1.165) is 77.0 Å². The van der Waals surface area contributed by atoms with E-state index < -0.39 is 17.6 Å². The van der Waals surface area contributed by atoms with Gasteiger partial charge in [0.15, 0.2) is 0 Å². The predicted molar refractivity (Wildman–Crippen MR) is 171 cm³/mol. The van der Waals surface area contributed by atoms with E-state index in [1.165, 1.54) is 11.1 Å². The van der Waals surface area contributed by atoms with Crippen LogP contribution in [0.5, 0.6) is 0 Å². The minimum Gasteiger partial charge on any atom is -0.373 e. The van der Waals surface area contributed by atoms with Gasteiger partial charge in [0, 0.05) is 51.7 Å². The molecule has 0 radical (unpaired) electrons. The number of unbranched alkanes of at least 4 members (excludes halogenated alkanes) is 6. The molecule has 0 saturated heterocycles. The van der Waals surface area contributed by atoms with Crippen LogP contribution in [0.15, 0.2) is 24.3 Å². The van der Waals surface area contributed by atoms with Gasteiger partial charge < -0.3 is 26.6 Å². The third-order valence-electron chi connectivity index (χ3n) is 6.78.